The molecule has 0 radical (unpaired) electrons. The first kappa shape index (κ1) is 12.2. The minimum atomic E-state index is 0.280. The van der Waals surface area contributed by atoms with Gasteiger partial charge in [-0.25, -0.2) is 0 Å². The molecular formula is C17H22N2O. The van der Waals surface area contributed by atoms with E-state index in [1.54, 1.807) is 0 Å². The van der Waals surface area contributed by atoms with Crippen molar-refractivity contribution in [3.8, 4) is 0 Å². The number of anilines is 2. The second kappa shape index (κ2) is 4.51. The predicted octanol–water partition coefficient (Wildman–Crippen LogP) is 3.19. The fourth-order valence-electron chi connectivity index (χ4n) is 3.66. The molecule has 2 aliphatic heterocycles. The third kappa shape index (κ3) is 2.09. The molecule has 3 fully saturated rings. The van der Waals surface area contributed by atoms with Crippen LogP contribution in [0.5, 0.6) is 0 Å². The van der Waals surface area contributed by atoms with Gasteiger partial charge in [-0.2, -0.15) is 0 Å². The molecule has 1 aliphatic carbocycles. The molecule has 1 spiro atoms. The summed E-state index contributed by atoms with van der Waals surface area (Å²) in [4.78, 5) is 16.4. The summed E-state index contributed by atoms with van der Waals surface area (Å²) < 4.78 is 0. The summed E-state index contributed by atoms with van der Waals surface area (Å²) >= 11 is 0. The third-order valence-electron chi connectivity index (χ3n) is 5.25. The quantitative estimate of drug-likeness (QED) is 0.824. The SMILES string of the molecule is O=C1CCCCN1c1ccc(N2CCC3(CC3)C2)cc1. The highest BCUT2D eigenvalue weighted by Gasteiger charge is 2.47. The van der Waals surface area contributed by atoms with Crippen molar-refractivity contribution in [1.82, 2.24) is 0 Å². The van der Waals surface area contributed by atoms with E-state index in [1.807, 2.05) is 4.90 Å². The molecule has 0 bridgehead atoms. The van der Waals surface area contributed by atoms with E-state index < -0.39 is 0 Å². The first-order valence-electron chi connectivity index (χ1n) is 7.91. The lowest BCUT2D eigenvalue weighted by atomic mass is 10.1. The highest BCUT2D eigenvalue weighted by molar-refractivity contribution is 5.94. The number of amides is 1. The van der Waals surface area contributed by atoms with E-state index in [0.29, 0.717) is 11.8 Å². The summed E-state index contributed by atoms with van der Waals surface area (Å²) in [7, 11) is 0. The summed E-state index contributed by atoms with van der Waals surface area (Å²) in [5.74, 6) is 0.280. The molecule has 20 heavy (non-hydrogen) atoms. The van der Waals surface area contributed by atoms with Crippen LogP contribution in [-0.2, 0) is 4.79 Å². The number of rotatable bonds is 2. The van der Waals surface area contributed by atoms with Crippen LogP contribution in [-0.4, -0.2) is 25.5 Å². The number of carbonyl (C=O) groups is 1. The normalized spacial score (nSPS) is 24.5. The Morgan fingerprint density at radius 1 is 0.900 bits per heavy atom. The number of hydrogen-bond acceptors (Lipinski definition) is 2. The van der Waals surface area contributed by atoms with Gasteiger partial charge in [-0.05, 0) is 61.8 Å². The smallest absolute Gasteiger partial charge is 0.226 e. The molecule has 0 aromatic heterocycles. The predicted molar refractivity (Wildman–Crippen MR) is 81.1 cm³/mol. The fourth-order valence-corrected chi connectivity index (χ4v) is 3.66. The van der Waals surface area contributed by atoms with E-state index in [0.717, 1.165) is 25.1 Å². The molecule has 0 unspecified atom stereocenters. The molecule has 3 heteroatoms. The van der Waals surface area contributed by atoms with Gasteiger partial charge >= 0.3 is 0 Å². The van der Waals surface area contributed by atoms with E-state index in [2.05, 4.69) is 29.2 Å². The van der Waals surface area contributed by atoms with Gasteiger partial charge in [-0.1, -0.05) is 0 Å². The number of piperidine rings is 1. The maximum atomic E-state index is 11.9. The van der Waals surface area contributed by atoms with Gasteiger partial charge in [0, 0.05) is 37.4 Å². The molecule has 1 aromatic carbocycles. The molecule has 0 atom stereocenters. The van der Waals surface area contributed by atoms with Gasteiger partial charge in [-0.15, -0.1) is 0 Å². The largest absolute Gasteiger partial charge is 0.371 e. The Hall–Kier alpha value is -1.51. The highest BCUT2D eigenvalue weighted by atomic mass is 16.2. The molecule has 0 N–H and O–H groups in total. The molecule has 1 aromatic rings. The molecule has 2 heterocycles. The lowest BCUT2D eigenvalue weighted by Gasteiger charge is -2.27. The lowest BCUT2D eigenvalue weighted by Crippen LogP contribution is -2.35. The van der Waals surface area contributed by atoms with Gasteiger partial charge in [0.1, 0.15) is 0 Å². The van der Waals surface area contributed by atoms with E-state index in [-0.39, 0.29) is 5.91 Å². The highest BCUT2D eigenvalue weighted by Crippen LogP contribution is 2.53. The molecule has 2 saturated heterocycles. The second-order valence-corrected chi connectivity index (χ2v) is 6.69. The van der Waals surface area contributed by atoms with Crippen molar-refractivity contribution in [2.75, 3.05) is 29.4 Å². The summed E-state index contributed by atoms with van der Waals surface area (Å²) in [6, 6.07) is 8.63. The Bertz CT molecular complexity index is 518. The summed E-state index contributed by atoms with van der Waals surface area (Å²) in [5, 5.41) is 0. The monoisotopic (exact) mass is 270 g/mol. The maximum absolute atomic E-state index is 11.9. The van der Waals surface area contributed by atoms with Crippen molar-refractivity contribution in [3.63, 3.8) is 0 Å². The Kier molecular flexibility index (Phi) is 2.76. The van der Waals surface area contributed by atoms with Crippen LogP contribution in [0.1, 0.15) is 38.5 Å². The fraction of sp³-hybridized carbons (Fsp3) is 0.588. The topological polar surface area (TPSA) is 23.6 Å². The van der Waals surface area contributed by atoms with Crippen LogP contribution in [0.3, 0.4) is 0 Å². The molecule has 106 valence electrons. The van der Waals surface area contributed by atoms with Gasteiger partial charge in [-0.3, -0.25) is 4.79 Å². The molecular weight excluding hydrogens is 248 g/mol. The summed E-state index contributed by atoms with van der Waals surface area (Å²) in [6.45, 7) is 3.31. The first-order chi connectivity index (χ1) is 9.76. The summed E-state index contributed by atoms with van der Waals surface area (Å²) in [6.07, 6.45) is 7.08. The van der Waals surface area contributed by atoms with Crippen molar-refractivity contribution >= 4 is 17.3 Å². The Morgan fingerprint density at radius 3 is 2.30 bits per heavy atom. The lowest BCUT2D eigenvalue weighted by molar-refractivity contribution is -0.119. The van der Waals surface area contributed by atoms with Crippen molar-refractivity contribution in [1.29, 1.82) is 0 Å². The number of benzene rings is 1. The van der Waals surface area contributed by atoms with E-state index in [1.165, 1.54) is 38.0 Å². The average Bonchev–Trinajstić information content (AvgIpc) is 3.10. The van der Waals surface area contributed by atoms with Gasteiger partial charge < -0.3 is 9.80 Å². The van der Waals surface area contributed by atoms with Crippen LogP contribution in [0.25, 0.3) is 0 Å². The zero-order valence-electron chi connectivity index (χ0n) is 12.0. The number of hydrogen-bond donors (Lipinski definition) is 0. The van der Waals surface area contributed by atoms with Crippen molar-refractivity contribution in [2.24, 2.45) is 5.41 Å². The average molecular weight is 270 g/mol. The minimum absolute atomic E-state index is 0.280. The maximum Gasteiger partial charge on any atom is 0.226 e. The third-order valence-corrected chi connectivity index (χ3v) is 5.25. The van der Waals surface area contributed by atoms with Crippen molar-refractivity contribution in [2.45, 2.75) is 38.5 Å². The van der Waals surface area contributed by atoms with Crippen LogP contribution >= 0.6 is 0 Å². The molecule has 1 amide bonds. The Balaban J connectivity index is 1.49. The zero-order chi connectivity index (χ0) is 13.6. The first-order valence-corrected chi connectivity index (χ1v) is 7.91. The Labute approximate surface area is 120 Å². The molecule has 3 nitrogen and oxygen atoms in total. The summed E-state index contributed by atoms with van der Waals surface area (Å²) in [5.41, 5.74) is 3.06. The van der Waals surface area contributed by atoms with Gasteiger partial charge in [0.05, 0.1) is 0 Å². The van der Waals surface area contributed by atoms with Gasteiger partial charge in [0.25, 0.3) is 0 Å². The minimum Gasteiger partial charge on any atom is -0.371 e. The molecule has 1 saturated carbocycles. The van der Waals surface area contributed by atoms with E-state index >= 15 is 0 Å². The van der Waals surface area contributed by atoms with Crippen LogP contribution in [0, 0.1) is 5.41 Å². The van der Waals surface area contributed by atoms with Crippen LogP contribution < -0.4 is 9.80 Å². The van der Waals surface area contributed by atoms with Crippen LogP contribution in [0.4, 0.5) is 11.4 Å². The van der Waals surface area contributed by atoms with Crippen molar-refractivity contribution in [3.05, 3.63) is 24.3 Å². The van der Waals surface area contributed by atoms with Crippen molar-refractivity contribution < 1.29 is 4.79 Å². The zero-order valence-corrected chi connectivity index (χ0v) is 12.0. The molecule has 4 rings (SSSR count). The standard InChI is InChI=1S/C17H22N2O/c20-16-3-1-2-11-19(16)15-6-4-14(5-7-15)18-12-10-17(13-18)8-9-17/h4-7H,1-3,8-13H2. The van der Waals surface area contributed by atoms with Crippen LogP contribution in [0.15, 0.2) is 24.3 Å². The second-order valence-electron chi connectivity index (χ2n) is 6.69. The van der Waals surface area contributed by atoms with Gasteiger partial charge in [0.15, 0.2) is 0 Å². The number of carbonyl (C=O) groups excluding carboxylic acids is 1. The van der Waals surface area contributed by atoms with E-state index in [9.17, 15) is 4.79 Å². The van der Waals surface area contributed by atoms with E-state index in [4.69, 9.17) is 0 Å². The Morgan fingerprint density at radius 2 is 1.65 bits per heavy atom. The van der Waals surface area contributed by atoms with Gasteiger partial charge in [0.2, 0.25) is 5.91 Å². The van der Waals surface area contributed by atoms with Crippen LogP contribution in [0.2, 0.25) is 0 Å². The molecule has 3 aliphatic rings. The number of nitrogens with zero attached hydrogens (tertiary/aromatic N) is 2.